The van der Waals surface area contributed by atoms with E-state index in [1.165, 1.54) is 0 Å². The maximum atomic E-state index is 11.8. The number of fused-ring (bicyclic) bond motifs is 2. The largest absolute Gasteiger partial charge is 0.486 e. The second-order valence-corrected chi connectivity index (χ2v) is 6.51. The lowest BCUT2D eigenvalue weighted by Gasteiger charge is -2.23. The molecule has 1 aliphatic rings. The molecule has 1 aromatic heterocycles. The van der Waals surface area contributed by atoms with E-state index >= 15 is 0 Å². The molecule has 0 radical (unpaired) electrons. The van der Waals surface area contributed by atoms with Gasteiger partial charge in [-0.05, 0) is 5.92 Å². The number of nitrogens with zero attached hydrogens (tertiary/aromatic N) is 2. The minimum atomic E-state index is -0.851. The predicted molar refractivity (Wildman–Crippen MR) is 86.3 cm³/mol. The monoisotopic (exact) mass is 318 g/mol. The Labute approximate surface area is 135 Å². The fourth-order valence-electron chi connectivity index (χ4n) is 3.04. The molecule has 0 aliphatic carbocycles. The molecule has 6 nitrogen and oxygen atoms in total. The molecule has 0 bridgehead atoms. The number of carboxylic acids is 1. The molecular formula is C17H22N2O4. The van der Waals surface area contributed by atoms with E-state index in [2.05, 4.69) is 4.98 Å². The van der Waals surface area contributed by atoms with Crippen molar-refractivity contribution in [2.75, 3.05) is 13.2 Å². The number of benzene rings is 1. The van der Waals surface area contributed by atoms with Crippen LogP contribution in [0.5, 0.6) is 11.5 Å². The zero-order chi connectivity index (χ0) is 16.7. The van der Waals surface area contributed by atoms with Gasteiger partial charge in [0, 0.05) is 18.1 Å². The lowest BCUT2D eigenvalue weighted by Crippen LogP contribution is -2.26. The van der Waals surface area contributed by atoms with E-state index in [4.69, 9.17) is 9.47 Å². The Bertz CT molecular complexity index is 749. The molecule has 23 heavy (non-hydrogen) atoms. The first-order valence-electron chi connectivity index (χ1n) is 7.94. The standard InChI is InChI=1S/C17H22N2O4/c1-9(2)15(17(20)21)19-12-8-14-13(22-5-6-23-14)7-11(12)18-16(19)10(3)4/h7-10,15H,5-6H2,1-4H3,(H,20,21). The average Bonchev–Trinajstić information content (AvgIpc) is 2.83. The summed E-state index contributed by atoms with van der Waals surface area (Å²) in [5, 5.41) is 9.72. The first-order chi connectivity index (χ1) is 10.9. The number of ether oxygens (including phenoxy) is 2. The molecule has 1 N–H and O–H groups in total. The molecule has 2 aromatic rings. The maximum Gasteiger partial charge on any atom is 0.327 e. The molecule has 0 spiro atoms. The van der Waals surface area contributed by atoms with Gasteiger partial charge in [-0.3, -0.25) is 0 Å². The van der Waals surface area contributed by atoms with Crippen LogP contribution in [0.15, 0.2) is 12.1 Å². The first-order valence-corrected chi connectivity index (χ1v) is 7.94. The second kappa shape index (κ2) is 5.76. The fourth-order valence-corrected chi connectivity index (χ4v) is 3.04. The fraction of sp³-hybridized carbons (Fsp3) is 0.529. The number of aromatic nitrogens is 2. The molecule has 124 valence electrons. The van der Waals surface area contributed by atoms with Gasteiger partial charge in [0.2, 0.25) is 0 Å². The summed E-state index contributed by atoms with van der Waals surface area (Å²) in [5.41, 5.74) is 1.52. The molecule has 3 rings (SSSR count). The van der Waals surface area contributed by atoms with Gasteiger partial charge in [0.05, 0.1) is 11.0 Å². The van der Waals surface area contributed by atoms with Gasteiger partial charge >= 0.3 is 5.97 Å². The molecular weight excluding hydrogens is 296 g/mol. The SMILES string of the molecule is CC(C)c1nc2cc3c(cc2n1C(C(=O)O)C(C)C)OCCO3. The van der Waals surface area contributed by atoms with Crippen LogP contribution in [0.4, 0.5) is 0 Å². The maximum absolute atomic E-state index is 11.8. The third kappa shape index (κ3) is 2.62. The van der Waals surface area contributed by atoms with Crippen molar-refractivity contribution >= 4 is 17.0 Å². The summed E-state index contributed by atoms with van der Waals surface area (Å²) >= 11 is 0. The Kier molecular flexibility index (Phi) is 3.92. The number of hydrogen-bond donors (Lipinski definition) is 1. The molecule has 1 aromatic carbocycles. The molecule has 0 amide bonds. The predicted octanol–water partition coefficient (Wildman–Crippen LogP) is 3.21. The average molecular weight is 318 g/mol. The third-order valence-electron chi connectivity index (χ3n) is 4.06. The van der Waals surface area contributed by atoms with E-state index in [0.717, 1.165) is 16.9 Å². The second-order valence-electron chi connectivity index (χ2n) is 6.51. The van der Waals surface area contributed by atoms with Crippen molar-refractivity contribution in [3.8, 4) is 11.5 Å². The Morgan fingerprint density at radius 1 is 1.17 bits per heavy atom. The molecule has 1 aliphatic heterocycles. The van der Waals surface area contributed by atoms with E-state index in [-0.39, 0.29) is 11.8 Å². The van der Waals surface area contributed by atoms with Crippen LogP contribution in [-0.4, -0.2) is 33.8 Å². The third-order valence-corrected chi connectivity index (χ3v) is 4.06. The minimum absolute atomic E-state index is 0.0596. The number of carboxylic acid groups (broad SMARTS) is 1. The number of hydrogen-bond acceptors (Lipinski definition) is 4. The van der Waals surface area contributed by atoms with Crippen LogP contribution in [0.2, 0.25) is 0 Å². The lowest BCUT2D eigenvalue weighted by molar-refractivity contribution is -0.142. The number of rotatable bonds is 4. The highest BCUT2D eigenvalue weighted by molar-refractivity contribution is 5.84. The molecule has 0 fully saturated rings. The molecule has 0 saturated heterocycles. The summed E-state index contributed by atoms with van der Waals surface area (Å²) in [6, 6.07) is 3.02. The minimum Gasteiger partial charge on any atom is -0.486 e. The van der Waals surface area contributed by atoms with E-state index in [9.17, 15) is 9.90 Å². The highest BCUT2D eigenvalue weighted by atomic mass is 16.6. The van der Waals surface area contributed by atoms with E-state index < -0.39 is 12.0 Å². The highest BCUT2D eigenvalue weighted by Gasteiger charge is 2.30. The van der Waals surface area contributed by atoms with Crippen molar-refractivity contribution in [1.82, 2.24) is 9.55 Å². The van der Waals surface area contributed by atoms with Crippen LogP contribution >= 0.6 is 0 Å². The van der Waals surface area contributed by atoms with E-state index in [1.807, 2.05) is 44.4 Å². The highest BCUT2D eigenvalue weighted by Crippen LogP contribution is 2.38. The van der Waals surface area contributed by atoms with Gasteiger partial charge in [0.1, 0.15) is 25.1 Å². The quantitative estimate of drug-likeness (QED) is 0.937. The summed E-state index contributed by atoms with van der Waals surface area (Å²) < 4.78 is 13.1. The first kappa shape index (κ1) is 15.6. The van der Waals surface area contributed by atoms with E-state index in [1.54, 1.807) is 0 Å². The molecule has 6 heteroatoms. The van der Waals surface area contributed by atoms with Crippen LogP contribution in [0.25, 0.3) is 11.0 Å². The normalized spacial score (nSPS) is 15.4. The molecule has 1 atom stereocenters. The number of aliphatic carboxylic acids is 1. The van der Waals surface area contributed by atoms with Gasteiger partial charge < -0.3 is 19.1 Å². The van der Waals surface area contributed by atoms with Crippen LogP contribution < -0.4 is 9.47 Å². The Hall–Kier alpha value is -2.24. The lowest BCUT2D eigenvalue weighted by atomic mass is 10.0. The Balaban J connectivity index is 2.28. The Morgan fingerprint density at radius 3 is 2.30 bits per heavy atom. The van der Waals surface area contributed by atoms with Crippen molar-refractivity contribution in [1.29, 1.82) is 0 Å². The van der Waals surface area contributed by atoms with Crippen molar-refractivity contribution < 1.29 is 19.4 Å². The number of carbonyl (C=O) groups is 1. The number of imidazole rings is 1. The zero-order valence-electron chi connectivity index (χ0n) is 13.9. The van der Waals surface area contributed by atoms with Gasteiger partial charge in [-0.2, -0.15) is 0 Å². The van der Waals surface area contributed by atoms with Gasteiger partial charge in [-0.25, -0.2) is 9.78 Å². The molecule has 2 heterocycles. The van der Waals surface area contributed by atoms with Gasteiger partial charge in [0.15, 0.2) is 11.5 Å². The van der Waals surface area contributed by atoms with Gasteiger partial charge in [-0.1, -0.05) is 27.7 Å². The van der Waals surface area contributed by atoms with Crippen molar-refractivity contribution in [3.05, 3.63) is 18.0 Å². The smallest absolute Gasteiger partial charge is 0.327 e. The zero-order valence-corrected chi connectivity index (χ0v) is 13.9. The van der Waals surface area contributed by atoms with Crippen LogP contribution in [0, 0.1) is 5.92 Å². The van der Waals surface area contributed by atoms with Crippen molar-refractivity contribution in [2.45, 2.75) is 39.7 Å². The summed E-state index contributed by atoms with van der Waals surface area (Å²) in [6.45, 7) is 8.86. The Morgan fingerprint density at radius 2 is 1.78 bits per heavy atom. The van der Waals surface area contributed by atoms with Crippen molar-refractivity contribution in [2.24, 2.45) is 5.92 Å². The summed E-state index contributed by atoms with van der Waals surface area (Å²) in [7, 11) is 0. The summed E-state index contributed by atoms with van der Waals surface area (Å²) in [4.78, 5) is 16.5. The van der Waals surface area contributed by atoms with Crippen LogP contribution in [0.3, 0.4) is 0 Å². The summed E-state index contributed by atoms with van der Waals surface area (Å²) in [5.74, 6) is 1.28. The van der Waals surface area contributed by atoms with E-state index in [0.29, 0.717) is 24.7 Å². The van der Waals surface area contributed by atoms with Crippen molar-refractivity contribution in [3.63, 3.8) is 0 Å². The molecule has 0 saturated carbocycles. The van der Waals surface area contributed by atoms with Gasteiger partial charge in [-0.15, -0.1) is 0 Å². The summed E-state index contributed by atoms with van der Waals surface area (Å²) in [6.07, 6.45) is 0. The van der Waals surface area contributed by atoms with Gasteiger partial charge in [0.25, 0.3) is 0 Å². The molecule has 1 unspecified atom stereocenters. The topological polar surface area (TPSA) is 73.6 Å². The van der Waals surface area contributed by atoms with Crippen LogP contribution in [0.1, 0.15) is 45.5 Å². The van der Waals surface area contributed by atoms with Crippen LogP contribution in [-0.2, 0) is 4.79 Å².